The molecule has 0 fully saturated rings. The molecule has 0 spiro atoms. The molecule has 3 aromatic rings. The molecular weight excluding hydrogens is 257 g/mol. The average Bonchev–Trinajstić information content (AvgIpc) is 2.81. The zero-order valence-corrected chi connectivity index (χ0v) is 10.8. The minimum atomic E-state index is -0.395. The summed E-state index contributed by atoms with van der Waals surface area (Å²) in [6.45, 7) is 1.96. The summed E-state index contributed by atoms with van der Waals surface area (Å²) < 4.78 is 14.8. The smallest absolute Gasteiger partial charge is 0.275 e. The first-order valence-electron chi connectivity index (χ1n) is 6.14. The number of benzene rings is 1. The number of hydrogen-bond donors (Lipinski definition) is 1. The number of carbonyl (C=O) groups excluding carboxylic acids is 1. The molecule has 0 atom stereocenters. The molecule has 0 radical (unpaired) electrons. The summed E-state index contributed by atoms with van der Waals surface area (Å²) in [4.78, 5) is 16.3. The number of amides is 1. The predicted molar refractivity (Wildman–Crippen MR) is 74.3 cm³/mol. The van der Waals surface area contributed by atoms with Crippen molar-refractivity contribution < 1.29 is 9.18 Å². The van der Waals surface area contributed by atoms with Gasteiger partial charge < -0.3 is 9.72 Å². The predicted octanol–water partition coefficient (Wildman–Crippen LogP) is 3.03. The van der Waals surface area contributed by atoms with Crippen LogP contribution in [0.1, 0.15) is 16.1 Å². The van der Waals surface area contributed by atoms with Crippen LogP contribution in [-0.4, -0.2) is 15.3 Å². The van der Waals surface area contributed by atoms with Crippen LogP contribution in [0.3, 0.4) is 0 Å². The molecule has 1 amide bonds. The third-order valence-corrected chi connectivity index (χ3v) is 2.93. The molecule has 0 aliphatic rings. The van der Waals surface area contributed by atoms with Crippen LogP contribution in [0.2, 0.25) is 0 Å². The fourth-order valence-corrected chi connectivity index (χ4v) is 1.95. The normalized spacial score (nSPS) is 10.7. The molecular formula is C15H12FN3O. The van der Waals surface area contributed by atoms with Crippen molar-refractivity contribution in [2.75, 3.05) is 5.32 Å². The molecule has 2 heterocycles. The number of imidazole rings is 1. The molecule has 5 heteroatoms. The third kappa shape index (κ3) is 2.38. The Labute approximate surface area is 114 Å². The maximum atomic E-state index is 13.1. The lowest BCUT2D eigenvalue weighted by Crippen LogP contribution is -2.12. The molecule has 0 saturated heterocycles. The number of hydrogen-bond acceptors (Lipinski definition) is 2. The molecule has 1 N–H and O–H groups in total. The van der Waals surface area contributed by atoms with Gasteiger partial charge in [-0.15, -0.1) is 0 Å². The van der Waals surface area contributed by atoms with Crippen molar-refractivity contribution in [3.8, 4) is 0 Å². The highest BCUT2D eigenvalue weighted by Gasteiger charge is 2.11. The van der Waals surface area contributed by atoms with E-state index in [1.54, 1.807) is 16.7 Å². The number of rotatable bonds is 2. The van der Waals surface area contributed by atoms with Gasteiger partial charge in [0.25, 0.3) is 5.91 Å². The van der Waals surface area contributed by atoms with Crippen molar-refractivity contribution in [1.29, 1.82) is 0 Å². The van der Waals surface area contributed by atoms with Crippen LogP contribution in [0.4, 0.5) is 10.1 Å². The van der Waals surface area contributed by atoms with E-state index in [2.05, 4.69) is 10.3 Å². The van der Waals surface area contributed by atoms with E-state index in [1.165, 1.54) is 18.2 Å². The molecule has 1 aromatic carbocycles. The van der Waals surface area contributed by atoms with Crippen LogP contribution < -0.4 is 5.32 Å². The van der Waals surface area contributed by atoms with Gasteiger partial charge in [-0.3, -0.25) is 4.79 Å². The summed E-state index contributed by atoms with van der Waals surface area (Å²) in [6.07, 6.45) is 3.49. The minimum Gasteiger partial charge on any atom is -0.321 e. The Morgan fingerprint density at radius 3 is 2.95 bits per heavy atom. The number of pyridine rings is 1. The molecule has 20 heavy (non-hydrogen) atoms. The summed E-state index contributed by atoms with van der Waals surface area (Å²) in [7, 11) is 0. The number of anilines is 1. The fourth-order valence-electron chi connectivity index (χ4n) is 1.95. The van der Waals surface area contributed by atoms with E-state index in [0.29, 0.717) is 17.0 Å². The van der Waals surface area contributed by atoms with Crippen LogP contribution in [0.25, 0.3) is 5.65 Å². The summed E-state index contributed by atoms with van der Waals surface area (Å²) in [5.74, 6) is -0.759. The minimum absolute atomic E-state index is 0.292. The van der Waals surface area contributed by atoms with E-state index in [9.17, 15) is 9.18 Å². The Kier molecular flexibility index (Phi) is 2.95. The van der Waals surface area contributed by atoms with Crippen LogP contribution in [0.15, 0.2) is 48.8 Å². The van der Waals surface area contributed by atoms with Gasteiger partial charge in [-0.1, -0.05) is 6.07 Å². The molecule has 4 nitrogen and oxygen atoms in total. The number of fused-ring (bicyclic) bond motifs is 1. The van der Waals surface area contributed by atoms with E-state index in [4.69, 9.17) is 0 Å². The molecule has 0 saturated carbocycles. The second kappa shape index (κ2) is 4.77. The SMILES string of the molecule is Cc1ccn2cc(C(=O)Nc3cccc(F)c3)nc2c1. The van der Waals surface area contributed by atoms with Gasteiger partial charge in [0.2, 0.25) is 0 Å². The standard InChI is InChI=1S/C15H12FN3O/c1-10-5-6-19-9-13(18-14(19)7-10)15(20)17-12-4-2-3-11(16)8-12/h2-9H,1H3,(H,17,20). The van der Waals surface area contributed by atoms with E-state index < -0.39 is 5.82 Å². The lowest BCUT2D eigenvalue weighted by molar-refractivity contribution is 0.102. The number of aryl methyl sites for hydroxylation is 1. The van der Waals surface area contributed by atoms with Gasteiger partial charge in [0.15, 0.2) is 0 Å². The maximum Gasteiger partial charge on any atom is 0.275 e. The van der Waals surface area contributed by atoms with Gasteiger partial charge in [-0.05, 0) is 42.8 Å². The van der Waals surface area contributed by atoms with Gasteiger partial charge in [-0.25, -0.2) is 9.37 Å². The molecule has 0 aliphatic heterocycles. The highest BCUT2D eigenvalue weighted by Crippen LogP contribution is 2.12. The Morgan fingerprint density at radius 1 is 1.30 bits per heavy atom. The Hall–Kier alpha value is -2.69. The fraction of sp³-hybridized carbons (Fsp3) is 0.0667. The van der Waals surface area contributed by atoms with Crippen LogP contribution in [-0.2, 0) is 0 Å². The van der Waals surface area contributed by atoms with Crippen LogP contribution in [0, 0.1) is 12.7 Å². The van der Waals surface area contributed by atoms with E-state index in [1.807, 2.05) is 25.3 Å². The zero-order valence-electron chi connectivity index (χ0n) is 10.8. The first-order valence-corrected chi connectivity index (χ1v) is 6.14. The number of halogens is 1. The largest absolute Gasteiger partial charge is 0.321 e. The van der Waals surface area contributed by atoms with Crippen molar-refractivity contribution in [2.24, 2.45) is 0 Å². The van der Waals surface area contributed by atoms with Crippen molar-refractivity contribution in [2.45, 2.75) is 6.92 Å². The Bertz CT molecular complexity index is 795. The van der Waals surface area contributed by atoms with E-state index in [0.717, 1.165) is 5.56 Å². The van der Waals surface area contributed by atoms with Crippen molar-refractivity contribution >= 4 is 17.2 Å². The lowest BCUT2D eigenvalue weighted by Gasteiger charge is -2.02. The molecule has 0 unspecified atom stereocenters. The monoisotopic (exact) mass is 269 g/mol. The number of carbonyl (C=O) groups is 1. The average molecular weight is 269 g/mol. The highest BCUT2D eigenvalue weighted by molar-refractivity contribution is 6.03. The summed E-state index contributed by atoms with van der Waals surface area (Å²) >= 11 is 0. The van der Waals surface area contributed by atoms with Crippen molar-refractivity contribution in [1.82, 2.24) is 9.38 Å². The second-order valence-electron chi connectivity index (χ2n) is 4.56. The number of nitrogens with zero attached hydrogens (tertiary/aromatic N) is 2. The number of aromatic nitrogens is 2. The van der Waals surface area contributed by atoms with Gasteiger partial charge in [-0.2, -0.15) is 0 Å². The van der Waals surface area contributed by atoms with E-state index >= 15 is 0 Å². The molecule has 0 aliphatic carbocycles. The first-order chi connectivity index (χ1) is 9.61. The number of nitrogens with one attached hydrogen (secondary N) is 1. The zero-order chi connectivity index (χ0) is 14.1. The summed E-state index contributed by atoms with van der Waals surface area (Å²) in [6, 6.07) is 9.57. The summed E-state index contributed by atoms with van der Waals surface area (Å²) in [5.41, 5.74) is 2.47. The first kappa shape index (κ1) is 12.3. The molecule has 3 rings (SSSR count). The highest BCUT2D eigenvalue weighted by atomic mass is 19.1. The lowest BCUT2D eigenvalue weighted by atomic mass is 10.3. The van der Waals surface area contributed by atoms with E-state index in [-0.39, 0.29) is 5.91 Å². The third-order valence-electron chi connectivity index (χ3n) is 2.93. The topological polar surface area (TPSA) is 46.4 Å². The molecule has 2 aromatic heterocycles. The maximum absolute atomic E-state index is 13.1. The van der Waals surface area contributed by atoms with Crippen LogP contribution in [0.5, 0.6) is 0 Å². The van der Waals surface area contributed by atoms with Crippen molar-refractivity contribution in [3.05, 3.63) is 65.9 Å². The van der Waals surface area contributed by atoms with Gasteiger partial charge >= 0.3 is 0 Å². The van der Waals surface area contributed by atoms with Crippen molar-refractivity contribution in [3.63, 3.8) is 0 Å². The summed E-state index contributed by atoms with van der Waals surface area (Å²) in [5, 5.41) is 2.62. The second-order valence-corrected chi connectivity index (χ2v) is 4.56. The molecule has 0 bridgehead atoms. The van der Waals surface area contributed by atoms with Gasteiger partial charge in [0, 0.05) is 18.1 Å². The van der Waals surface area contributed by atoms with Crippen LogP contribution >= 0.6 is 0 Å². The van der Waals surface area contributed by atoms with Gasteiger partial charge in [0.05, 0.1) is 0 Å². The quantitative estimate of drug-likeness (QED) is 0.777. The van der Waals surface area contributed by atoms with Gasteiger partial charge in [0.1, 0.15) is 17.2 Å². The Morgan fingerprint density at radius 2 is 2.15 bits per heavy atom. The Balaban J connectivity index is 1.88. The molecule has 100 valence electrons.